The van der Waals surface area contributed by atoms with Crippen molar-refractivity contribution < 1.29 is 9.47 Å². The lowest BCUT2D eigenvalue weighted by molar-refractivity contribution is 0.174. The van der Waals surface area contributed by atoms with Gasteiger partial charge in [-0.15, -0.1) is 0 Å². The molecule has 6 nitrogen and oxygen atoms in total. The molecule has 0 spiro atoms. The molecular weight excluding hydrogens is 456 g/mol. The van der Waals surface area contributed by atoms with Gasteiger partial charge in [0.1, 0.15) is 0 Å². The highest BCUT2D eigenvalue weighted by Gasteiger charge is 2.42. The molecule has 0 aliphatic carbocycles. The maximum absolute atomic E-state index is 5.90. The molecule has 0 bridgehead atoms. The second kappa shape index (κ2) is 8.43. The van der Waals surface area contributed by atoms with Crippen LogP contribution in [-0.2, 0) is 0 Å². The molecule has 4 heterocycles. The number of anilines is 1. The summed E-state index contributed by atoms with van der Waals surface area (Å²) in [7, 11) is 0. The maximum atomic E-state index is 5.90. The van der Waals surface area contributed by atoms with Gasteiger partial charge in [-0.1, -0.05) is 18.2 Å². The monoisotopic (exact) mass is 482 g/mol. The van der Waals surface area contributed by atoms with E-state index in [1.165, 1.54) is 11.1 Å². The molecule has 35 heavy (non-hydrogen) atoms. The van der Waals surface area contributed by atoms with Gasteiger partial charge in [0, 0.05) is 35.0 Å². The fraction of sp³-hybridized carbons (Fsp3) is 0.214. The van der Waals surface area contributed by atoms with Gasteiger partial charge in [-0.25, -0.2) is 0 Å². The number of thiocarbonyl (C=S) groups is 1. The van der Waals surface area contributed by atoms with Crippen LogP contribution in [0.2, 0.25) is 0 Å². The summed E-state index contributed by atoms with van der Waals surface area (Å²) in [6, 6.07) is 22.7. The smallest absolute Gasteiger partial charge is 0.231 e. The predicted octanol–water partition coefficient (Wildman–Crippen LogP) is 5.70. The van der Waals surface area contributed by atoms with Gasteiger partial charge < -0.3 is 24.3 Å². The van der Waals surface area contributed by atoms with Gasteiger partial charge in [-0.3, -0.25) is 4.98 Å². The third-order valence-electron chi connectivity index (χ3n) is 6.78. The van der Waals surface area contributed by atoms with E-state index in [2.05, 4.69) is 83.0 Å². The molecule has 2 aliphatic heterocycles. The standard InChI is InChI=1S/C28H26N4O2S/c1-17-7-6-8-20(13-17)32-27(26(30-28(32)35)23-9-4-5-12-29-23)22-14-18(2)31(19(22)3)21-10-11-24-25(15-21)34-16-33-24/h4-15,26-27H,16H2,1-3H3,(H,30,35). The molecular formula is C28H26N4O2S. The maximum Gasteiger partial charge on any atom is 0.231 e. The van der Waals surface area contributed by atoms with Crippen LogP contribution in [0.4, 0.5) is 5.69 Å². The second-order valence-electron chi connectivity index (χ2n) is 9.04. The first-order valence-corrected chi connectivity index (χ1v) is 12.1. The number of hydrogen-bond donors (Lipinski definition) is 1. The van der Waals surface area contributed by atoms with Gasteiger partial charge in [-0.2, -0.15) is 0 Å². The highest BCUT2D eigenvalue weighted by Crippen LogP contribution is 2.44. The first-order valence-electron chi connectivity index (χ1n) is 11.7. The molecule has 0 saturated carbocycles. The van der Waals surface area contributed by atoms with E-state index in [-0.39, 0.29) is 18.9 Å². The Morgan fingerprint density at radius 3 is 2.57 bits per heavy atom. The van der Waals surface area contributed by atoms with E-state index in [0.29, 0.717) is 5.11 Å². The molecule has 2 aliphatic rings. The highest BCUT2D eigenvalue weighted by molar-refractivity contribution is 7.80. The molecule has 2 atom stereocenters. The Morgan fingerprint density at radius 2 is 1.77 bits per heavy atom. The van der Waals surface area contributed by atoms with Gasteiger partial charge >= 0.3 is 0 Å². The first kappa shape index (κ1) is 21.7. The lowest BCUT2D eigenvalue weighted by atomic mass is 9.96. The Bertz CT molecular complexity index is 1430. The number of ether oxygens (including phenoxy) is 2. The first-order chi connectivity index (χ1) is 17.0. The third-order valence-corrected chi connectivity index (χ3v) is 7.10. The van der Waals surface area contributed by atoms with Gasteiger partial charge in [-0.05, 0) is 86.6 Å². The van der Waals surface area contributed by atoms with Crippen LogP contribution in [0.25, 0.3) is 5.69 Å². The third kappa shape index (κ3) is 3.63. The summed E-state index contributed by atoms with van der Waals surface area (Å²) in [6.45, 7) is 6.66. The molecule has 4 aromatic rings. The van der Waals surface area contributed by atoms with Crippen LogP contribution in [0.1, 0.15) is 40.3 Å². The van der Waals surface area contributed by atoms with E-state index in [0.717, 1.165) is 40.0 Å². The van der Waals surface area contributed by atoms with Crippen molar-refractivity contribution in [1.82, 2.24) is 14.9 Å². The van der Waals surface area contributed by atoms with Crippen molar-refractivity contribution in [2.45, 2.75) is 32.9 Å². The van der Waals surface area contributed by atoms with Crippen LogP contribution in [0, 0.1) is 20.8 Å². The topological polar surface area (TPSA) is 51.6 Å². The predicted molar refractivity (Wildman–Crippen MR) is 140 cm³/mol. The summed E-state index contributed by atoms with van der Waals surface area (Å²) in [6.07, 6.45) is 1.84. The molecule has 6 rings (SSSR count). The van der Waals surface area contributed by atoms with Gasteiger partial charge in [0.05, 0.1) is 17.8 Å². The lowest BCUT2D eigenvalue weighted by Gasteiger charge is -2.28. The van der Waals surface area contributed by atoms with Gasteiger partial charge in [0.2, 0.25) is 6.79 Å². The summed E-state index contributed by atoms with van der Waals surface area (Å²) < 4.78 is 13.4. The van der Waals surface area contributed by atoms with E-state index >= 15 is 0 Å². The number of benzene rings is 2. The molecule has 1 fully saturated rings. The van der Waals surface area contributed by atoms with Crippen LogP contribution in [0.3, 0.4) is 0 Å². The Hall–Kier alpha value is -3.84. The molecule has 176 valence electrons. The highest BCUT2D eigenvalue weighted by atomic mass is 32.1. The van der Waals surface area contributed by atoms with Crippen LogP contribution in [0.15, 0.2) is 72.9 Å². The van der Waals surface area contributed by atoms with E-state index < -0.39 is 0 Å². The zero-order valence-electron chi connectivity index (χ0n) is 19.9. The van der Waals surface area contributed by atoms with Crippen molar-refractivity contribution in [1.29, 1.82) is 0 Å². The number of nitrogens with one attached hydrogen (secondary N) is 1. The molecule has 0 radical (unpaired) electrons. The number of fused-ring (bicyclic) bond motifs is 1. The Morgan fingerprint density at radius 1 is 0.914 bits per heavy atom. The van der Waals surface area contributed by atoms with Crippen molar-refractivity contribution in [2.75, 3.05) is 11.7 Å². The fourth-order valence-corrected chi connectivity index (χ4v) is 5.58. The number of aryl methyl sites for hydroxylation is 2. The number of nitrogens with zero attached hydrogens (tertiary/aromatic N) is 3. The number of hydrogen-bond acceptors (Lipinski definition) is 4. The number of aromatic nitrogens is 2. The average Bonchev–Trinajstić information content (AvgIpc) is 3.54. The summed E-state index contributed by atoms with van der Waals surface area (Å²) in [5.41, 5.74) is 7.75. The van der Waals surface area contributed by atoms with Crippen molar-refractivity contribution in [3.63, 3.8) is 0 Å². The Balaban J connectivity index is 1.50. The molecule has 1 N–H and O–H groups in total. The molecule has 1 saturated heterocycles. The van der Waals surface area contributed by atoms with Crippen LogP contribution >= 0.6 is 12.2 Å². The Labute approximate surface area is 210 Å². The number of rotatable bonds is 4. The molecule has 2 unspecified atom stereocenters. The fourth-order valence-electron chi connectivity index (χ4n) is 5.24. The normalized spacial score (nSPS) is 18.7. The lowest BCUT2D eigenvalue weighted by Crippen LogP contribution is -2.29. The van der Waals surface area contributed by atoms with Crippen LogP contribution < -0.4 is 19.7 Å². The van der Waals surface area contributed by atoms with Gasteiger partial charge in [0.25, 0.3) is 0 Å². The van der Waals surface area contributed by atoms with E-state index in [9.17, 15) is 0 Å². The summed E-state index contributed by atoms with van der Waals surface area (Å²) in [5.74, 6) is 1.55. The minimum atomic E-state index is -0.0880. The van der Waals surface area contributed by atoms with Crippen molar-refractivity contribution in [3.8, 4) is 17.2 Å². The largest absolute Gasteiger partial charge is 0.454 e. The SMILES string of the molecule is Cc1cccc(N2C(=S)NC(c3ccccn3)C2c2cc(C)n(-c3ccc4c(c3)OCO4)c2C)c1. The van der Waals surface area contributed by atoms with Crippen molar-refractivity contribution >= 4 is 23.0 Å². The van der Waals surface area contributed by atoms with E-state index in [1.54, 1.807) is 0 Å². The Kier molecular flexibility index (Phi) is 5.22. The number of pyridine rings is 1. The van der Waals surface area contributed by atoms with Crippen LogP contribution in [-0.4, -0.2) is 21.5 Å². The quantitative estimate of drug-likeness (QED) is 0.377. The van der Waals surface area contributed by atoms with E-state index in [4.69, 9.17) is 21.7 Å². The summed E-state index contributed by atoms with van der Waals surface area (Å²) >= 11 is 5.90. The summed E-state index contributed by atoms with van der Waals surface area (Å²) in [5, 5.41) is 4.26. The average molecular weight is 483 g/mol. The molecule has 7 heteroatoms. The zero-order chi connectivity index (χ0) is 24.1. The second-order valence-corrected chi connectivity index (χ2v) is 9.42. The van der Waals surface area contributed by atoms with Crippen molar-refractivity contribution in [2.24, 2.45) is 0 Å². The molecule has 2 aromatic carbocycles. The molecule has 0 amide bonds. The van der Waals surface area contributed by atoms with Crippen molar-refractivity contribution in [3.05, 3.63) is 101 Å². The zero-order valence-corrected chi connectivity index (χ0v) is 20.7. The van der Waals surface area contributed by atoms with E-state index in [1.807, 2.05) is 30.5 Å². The minimum Gasteiger partial charge on any atom is -0.454 e. The summed E-state index contributed by atoms with van der Waals surface area (Å²) in [4.78, 5) is 6.92. The minimum absolute atomic E-state index is 0.0619. The van der Waals surface area contributed by atoms with Gasteiger partial charge in [0.15, 0.2) is 16.6 Å². The molecule has 2 aromatic heterocycles. The van der Waals surface area contributed by atoms with Crippen LogP contribution in [0.5, 0.6) is 11.5 Å².